The summed E-state index contributed by atoms with van der Waals surface area (Å²) in [6, 6.07) is 16.6. The van der Waals surface area contributed by atoms with E-state index < -0.39 is 30.0 Å². The van der Waals surface area contributed by atoms with Crippen molar-refractivity contribution in [1.82, 2.24) is 14.8 Å². The molecule has 0 spiro atoms. The molecule has 46 heavy (non-hydrogen) atoms. The highest BCUT2D eigenvalue weighted by atomic mass is 19.4. The van der Waals surface area contributed by atoms with Crippen molar-refractivity contribution in [3.05, 3.63) is 89.0 Å². The second kappa shape index (κ2) is 12.3. The molecule has 6 rings (SSSR count). The monoisotopic (exact) mass is 633 g/mol. The van der Waals surface area contributed by atoms with Gasteiger partial charge in [0.25, 0.3) is 0 Å². The van der Waals surface area contributed by atoms with E-state index in [1.807, 2.05) is 42.3 Å². The van der Waals surface area contributed by atoms with Crippen LogP contribution in [0.3, 0.4) is 0 Å². The lowest BCUT2D eigenvalue weighted by molar-refractivity contribution is -0.156. The van der Waals surface area contributed by atoms with Gasteiger partial charge in [0.05, 0.1) is 36.2 Å². The van der Waals surface area contributed by atoms with Gasteiger partial charge >= 0.3 is 12.1 Å². The summed E-state index contributed by atoms with van der Waals surface area (Å²) in [6.07, 6.45) is -4.65. The molecular formula is C34H34F3N5O4. The molecule has 2 aliphatic heterocycles. The van der Waals surface area contributed by atoms with E-state index in [-0.39, 0.29) is 18.1 Å². The molecule has 1 amide bonds. The fourth-order valence-corrected chi connectivity index (χ4v) is 6.39. The van der Waals surface area contributed by atoms with E-state index in [1.165, 1.54) is 20.1 Å². The Morgan fingerprint density at radius 3 is 2.39 bits per heavy atom. The molecule has 9 nitrogen and oxygen atoms in total. The number of fused-ring (bicyclic) bond motifs is 2. The first-order valence-electron chi connectivity index (χ1n) is 15.0. The number of halogens is 3. The van der Waals surface area contributed by atoms with Crippen LogP contribution < -0.4 is 4.90 Å². The van der Waals surface area contributed by atoms with E-state index in [0.717, 1.165) is 18.0 Å². The number of rotatable bonds is 6. The molecule has 2 unspecified atom stereocenters. The fourth-order valence-electron chi connectivity index (χ4n) is 6.39. The number of alkyl halides is 3. The quantitative estimate of drug-likeness (QED) is 0.216. The number of aromatic hydroxyl groups is 1. The molecule has 2 N–H and O–H groups in total. The molecule has 4 aromatic rings. The average Bonchev–Trinajstić information content (AvgIpc) is 3.53. The van der Waals surface area contributed by atoms with E-state index in [0.29, 0.717) is 57.6 Å². The first kappa shape index (κ1) is 31.3. The number of likely N-dealkylation sites (N-methyl/N-ethyl adjacent to an activating group) is 1. The van der Waals surface area contributed by atoms with Gasteiger partial charge in [-0.05, 0) is 42.9 Å². The summed E-state index contributed by atoms with van der Waals surface area (Å²) < 4.78 is 48.4. The second-order valence-electron chi connectivity index (χ2n) is 11.8. The number of H-pyrrole nitrogens is 1. The first-order chi connectivity index (χ1) is 22.0. The van der Waals surface area contributed by atoms with Crippen molar-refractivity contribution in [3.8, 4) is 5.88 Å². The summed E-state index contributed by atoms with van der Waals surface area (Å²) in [7, 11) is 3.25. The number of esters is 1. The third-order valence-corrected chi connectivity index (χ3v) is 8.80. The van der Waals surface area contributed by atoms with Crippen molar-refractivity contribution in [2.45, 2.75) is 25.1 Å². The van der Waals surface area contributed by atoms with Crippen molar-refractivity contribution >= 4 is 39.9 Å². The lowest BCUT2D eigenvalue weighted by atomic mass is 9.96. The van der Waals surface area contributed by atoms with Crippen molar-refractivity contribution < 1.29 is 32.6 Å². The number of aliphatic imine (C=N–C) groups is 1. The van der Waals surface area contributed by atoms with Crippen LogP contribution >= 0.6 is 0 Å². The van der Waals surface area contributed by atoms with Gasteiger partial charge < -0.3 is 19.7 Å². The maximum atomic E-state index is 14.5. The van der Waals surface area contributed by atoms with Gasteiger partial charge in [-0.1, -0.05) is 43.3 Å². The summed E-state index contributed by atoms with van der Waals surface area (Å²) in [4.78, 5) is 38.3. The number of nitrogens with one attached hydrogen (secondary N) is 1. The molecular weight excluding hydrogens is 599 g/mol. The molecule has 3 heterocycles. The van der Waals surface area contributed by atoms with Gasteiger partial charge in [0.1, 0.15) is 6.04 Å². The minimum absolute atomic E-state index is 0.0951. The van der Waals surface area contributed by atoms with Gasteiger partial charge in [-0.2, -0.15) is 13.2 Å². The van der Waals surface area contributed by atoms with E-state index in [1.54, 1.807) is 30.3 Å². The second-order valence-corrected chi connectivity index (χ2v) is 11.8. The predicted molar refractivity (Wildman–Crippen MR) is 169 cm³/mol. The maximum absolute atomic E-state index is 14.5. The fraction of sp³-hybridized carbons (Fsp3) is 0.324. The lowest BCUT2D eigenvalue weighted by Gasteiger charge is -2.35. The van der Waals surface area contributed by atoms with Crippen molar-refractivity contribution in [3.63, 3.8) is 0 Å². The number of hydrogen-bond acceptors (Lipinski definition) is 7. The third-order valence-electron chi connectivity index (χ3n) is 8.80. The number of methoxy groups -OCH3 is 1. The molecule has 12 heteroatoms. The number of nitrogens with zero attached hydrogens (tertiary/aromatic N) is 4. The van der Waals surface area contributed by atoms with Crippen LogP contribution in [0.1, 0.15) is 39.9 Å². The summed E-state index contributed by atoms with van der Waals surface area (Å²) in [5, 5.41) is 11.7. The minimum Gasteiger partial charge on any atom is -0.494 e. The Kier molecular flexibility index (Phi) is 8.34. The predicted octanol–water partition coefficient (Wildman–Crippen LogP) is 5.46. The number of piperazine rings is 1. The summed E-state index contributed by atoms with van der Waals surface area (Å²) in [6.45, 7) is 4.09. The van der Waals surface area contributed by atoms with Crippen LogP contribution in [-0.2, 0) is 9.53 Å². The van der Waals surface area contributed by atoms with Gasteiger partial charge in [-0.3, -0.25) is 14.6 Å². The number of carbonyl (C=O) groups excluding carboxylic acids is 2. The van der Waals surface area contributed by atoms with E-state index in [2.05, 4.69) is 9.88 Å². The number of carbonyl (C=O) groups is 2. The van der Waals surface area contributed by atoms with Crippen LogP contribution in [0.5, 0.6) is 5.88 Å². The highest BCUT2D eigenvalue weighted by molar-refractivity contribution is 6.22. The Morgan fingerprint density at radius 1 is 1.00 bits per heavy atom. The Bertz CT molecular complexity index is 1810. The first-order valence-corrected chi connectivity index (χ1v) is 15.0. The summed E-state index contributed by atoms with van der Waals surface area (Å²) >= 11 is 0. The Labute approximate surface area is 263 Å². The largest absolute Gasteiger partial charge is 0.494 e. The number of aromatic amines is 1. The average molecular weight is 634 g/mol. The minimum atomic E-state index is -4.65. The van der Waals surface area contributed by atoms with Gasteiger partial charge in [0, 0.05) is 54.3 Å². The van der Waals surface area contributed by atoms with Crippen LogP contribution in [0.15, 0.2) is 71.7 Å². The molecule has 1 aromatic heterocycles. The van der Waals surface area contributed by atoms with Crippen LogP contribution in [0.4, 0.5) is 24.5 Å². The molecule has 0 aliphatic carbocycles. The van der Waals surface area contributed by atoms with Gasteiger partial charge in [0.15, 0.2) is 5.88 Å². The normalized spacial score (nSPS) is 19.4. The van der Waals surface area contributed by atoms with E-state index in [9.17, 15) is 27.9 Å². The number of hydrogen-bond donors (Lipinski definition) is 2. The summed E-state index contributed by atoms with van der Waals surface area (Å²) in [5.74, 6) is -2.34. The van der Waals surface area contributed by atoms with Crippen LogP contribution in [0.25, 0.3) is 10.9 Å². The number of aromatic nitrogens is 1. The zero-order chi connectivity index (χ0) is 32.7. The molecule has 3 aromatic carbocycles. The Morgan fingerprint density at radius 2 is 1.72 bits per heavy atom. The third kappa shape index (κ3) is 5.85. The molecule has 2 aliphatic rings. The molecule has 240 valence electrons. The SMILES string of the molecule is COC(=O)c1ccc2c(C(=Nc3ccc4c(c3)C(C)C(C(F)(F)F)N4C(=O)CN3CCN(C)CC3)c3ccccc3)c(O)[nH]c2c1. The molecule has 1 saturated heterocycles. The van der Waals surface area contributed by atoms with E-state index in [4.69, 9.17) is 9.73 Å². The molecule has 0 saturated carbocycles. The lowest BCUT2D eigenvalue weighted by Crippen LogP contribution is -2.53. The molecule has 0 bridgehead atoms. The maximum Gasteiger partial charge on any atom is 0.409 e. The zero-order valence-corrected chi connectivity index (χ0v) is 25.6. The van der Waals surface area contributed by atoms with Crippen LogP contribution in [0, 0.1) is 0 Å². The standard InChI is InChI=1S/C34H34F3N5O4/c1-20-25-18-23(10-12-27(25)42(31(20)34(35,36)37)28(43)19-41-15-13-40(2)14-16-41)38-30(21-7-5-4-6-8-21)29-24-11-9-22(33(45)46-3)17-26(24)39-32(29)44/h4-12,17-18,20,31,39,44H,13-16,19H2,1-3H3. The smallest absolute Gasteiger partial charge is 0.409 e. The Balaban J connectivity index is 1.42. The van der Waals surface area contributed by atoms with Gasteiger partial charge in [-0.25, -0.2) is 9.79 Å². The van der Waals surface area contributed by atoms with Gasteiger partial charge in [-0.15, -0.1) is 0 Å². The van der Waals surface area contributed by atoms with Crippen molar-refractivity contribution in [1.29, 1.82) is 0 Å². The molecule has 0 radical (unpaired) electrons. The van der Waals surface area contributed by atoms with Gasteiger partial charge in [0.2, 0.25) is 5.91 Å². The van der Waals surface area contributed by atoms with E-state index >= 15 is 0 Å². The van der Waals surface area contributed by atoms with Crippen molar-refractivity contribution in [2.24, 2.45) is 4.99 Å². The summed E-state index contributed by atoms with van der Waals surface area (Å²) in [5.41, 5.74) is 3.11. The number of benzene rings is 3. The zero-order valence-electron chi connectivity index (χ0n) is 25.6. The number of anilines is 1. The highest BCUT2D eigenvalue weighted by Gasteiger charge is 2.54. The number of ether oxygens (including phenoxy) is 1. The molecule has 1 fully saturated rings. The van der Waals surface area contributed by atoms with Crippen molar-refractivity contribution in [2.75, 3.05) is 51.8 Å². The van der Waals surface area contributed by atoms with Crippen LogP contribution in [-0.4, -0.2) is 96.6 Å². The molecule has 2 atom stereocenters. The van der Waals surface area contributed by atoms with Crippen LogP contribution in [0.2, 0.25) is 0 Å². The highest BCUT2D eigenvalue weighted by Crippen LogP contribution is 2.48. The number of amides is 1. The topological polar surface area (TPSA) is 101 Å². The Hall–Kier alpha value is -4.68.